The van der Waals surface area contributed by atoms with E-state index >= 15 is 0 Å². The third kappa shape index (κ3) is 1.30. The van der Waals surface area contributed by atoms with Crippen LogP contribution in [0.3, 0.4) is 0 Å². The largest absolute Gasteiger partial charge is 0.315 e. The van der Waals surface area contributed by atoms with Gasteiger partial charge in [0.25, 0.3) is 5.56 Å². The van der Waals surface area contributed by atoms with Crippen LogP contribution in [-0.2, 0) is 0 Å². The SMILES string of the molecule is O=c1[nH]c(C2CNC2)ncc1Br. The standard InChI is InChI=1S/C7H8BrN3O/c8-5-3-10-6(11-7(5)12)4-1-9-2-4/h3-4,9H,1-2H2,(H,10,11,12). The summed E-state index contributed by atoms with van der Waals surface area (Å²) in [6.07, 6.45) is 1.55. The second kappa shape index (κ2) is 2.99. The Hall–Kier alpha value is -0.680. The van der Waals surface area contributed by atoms with Crippen LogP contribution in [-0.4, -0.2) is 23.1 Å². The van der Waals surface area contributed by atoms with E-state index in [4.69, 9.17) is 0 Å². The molecule has 0 atom stereocenters. The average molecular weight is 230 g/mol. The highest BCUT2D eigenvalue weighted by Gasteiger charge is 2.20. The lowest BCUT2D eigenvalue weighted by Crippen LogP contribution is -2.41. The summed E-state index contributed by atoms with van der Waals surface area (Å²) in [5, 5.41) is 3.12. The first-order chi connectivity index (χ1) is 5.77. The van der Waals surface area contributed by atoms with Crippen molar-refractivity contribution in [3.63, 3.8) is 0 Å². The summed E-state index contributed by atoms with van der Waals surface area (Å²) in [6, 6.07) is 0. The molecule has 0 radical (unpaired) electrons. The van der Waals surface area contributed by atoms with Crippen LogP contribution in [0.25, 0.3) is 0 Å². The Balaban J connectivity index is 2.33. The lowest BCUT2D eigenvalue weighted by atomic mass is 10.0. The molecule has 2 N–H and O–H groups in total. The van der Waals surface area contributed by atoms with Gasteiger partial charge in [0.05, 0.1) is 0 Å². The van der Waals surface area contributed by atoms with Crippen LogP contribution in [0.2, 0.25) is 0 Å². The summed E-state index contributed by atoms with van der Waals surface area (Å²) in [5.41, 5.74) is -0.105. The summed E-state index contributed by atoms with van der Waals surface area (Å²) in [4.78, 5) is 18.0. The maximum absolute atomic E-state index is 11.1. The first-order valence-corrected chi connectivity index (χ1v) is 4.52. The molecule has 1 saturated heterocycles. The lowest BCUT2D eigenvalue weighted by molar-refractivity contribution is 0.429. The van der Waals surface area contributed by atoms with Crippen molar-refractivity contribution >= 4 is 15.9 Å². The van der Waals surface area contributed by atoms with Crippen molar-refractivity contribution in [1.82, 2.24) is 15.3 Å². The van der Waals surface area contributed by atoms with Crippen LogP contribution in [0.1, 0.15) is 11.7 Å². The second-order valence-electron chi connectivity index (χ2n) is 2.80. The molecule has 1 aromatic rings. The molecular formula is C7H8BrN3O. The maximum atomic E-state index is 11.1. The minimum absolute atomic E-state index is 0.105. The Morgan fingerprint density at radius 3 is 2.83 bits per heavy atom. The fraction of sp³-hybridized carbons (Fsp3) is 0.429. The van der Waals surface area contributed by atoms with E-state index in [1.165, 1.54) is 0 Å². The van der Waals surface area contributed by atoms with Crippen molar-refractivity contribution < 1.29 is 0 Å². The van der Waals surface area contributed by atoms with Gasteiger partial charge in [0.2, 0.25) is 0 Å². The van der Waals surface area contributed by atoms with Gasteiger partial charge >= 0.3 is 0 Å². The van der Waals surface area contributed by atoms with E-state index in [9.17, 15) is 4.79 Å². The first-order valence-electron chi connectivity index (χ1n) is 3.73. The molecule has 1 fully saturated rings. The van der Waals surface area contributed by atoms with Crippen LogP contribution in [0.15, 0.2) is 15.5 Å². The number of hydrogen-bond acceptors (Lipinski definition) is 3. The van der Waals surface area contributed by atoms with Gasteiger partial charge in [-0.1, -0.05) is 0 Å². The Labute approximate surface area is 77.5 Å². The van der Waals surface area contributed by atoms with Crippen LogP contribution in [0.4, 0.5) is 0 Å². The zero-order chi connectivity index (χ0) is 8.55. The molecule has 1 aromatic heterocycles. The summed E-state index contributed by atoms with van der Waals surface area (Å²) < 4.78 is 0.485. The minimum atomic E-state index is -0.105. The fourth-order valence-electron chi connectivity index (χ4n) is 1.08. The smallest absolute Gasteiger partial charge is 0.265 e. The molecule has 12 heavy (non-hydrogen) atoms. The Morgan fingerprint density at radius 1 is 1.58 bits per heavy atom. The predicted octanol–water partition coefficient (Wildman–Crippen LogP) is 0.219. The molecular weight excluding hydrogens is 222 g/mol. The van der Waals surface area contributed by atoms with Gasteiger partial charge in [-0.25, -0.2) is 4.98 Å². The van der Waals surface area contributed by atoms with Gasteiger partial charge in [-0.05, 0) is 15.9 Å². The van der Waals surface area contributed by atoms with E-state index in [0.717, 1.165) is 18.9 Å². The van der Waals surface area contributed by atoms with Crippen molar-refractivity contribution in [2.24, 2.45) is 0 Å². The van der Waals surface area contributed by atoms with E-state index in [1.54, 1.807) is 6.20 Å². The highest BCUT2D eigenvalue weighted by molar-refractivity contribution is 9.10. The lowest BCUT2D eigenvalue weighted by Gasteiger charge is -2.25. The zero-order valence-corrected chi connectivity index (χ0v) is 7.89. The third-order valence-corrected chi connectivity index (χ3v) is 2.51. The molecule has 2 heterocycles. The van der Waals surface area contributed by atoms with Gasteiger partial charge in [0.1, 0.15) is 10.3 Å². The highest BCUT2D eigenvalue weighted by atomic mass is 79.9. The average Bonchev–Trinajstić information content (AvgIpc) is 1.93. The van der Waals surface area contributed by atoms with Gasteiger partial charge < -0.3 is 10.3 Å². The van der Waals surface area contributed by atoms with E-state index in [-0.39, 0.29) is 5.56 Å². The number of nitrogens with zero attached hydrogens (tertiary/aromatic N) is 1. The van der Waals surface area contributed by atoms with Gasteiger partial charge in [0.15, 0.2) is 0 Å². The van der Waals surface area contributed by atoms with E-state index in [2.05, 4.69) is 31.2 Å². The molecule has 0 aromatic carbocycles. The predicted molar refractivity (Wildman–Crippen MR) is 48.2 cm³/mol. The summed E-state index contributed by atoms with van der Waals surface area (Å²) in [5.74, 6) is 1.16. The minimum Gasteiger partial charge on any atom is -0.315 e. The Bertz CT molecular complexity index is 345. The molecule has 5 heteroatoms. The quantitative estimate of drug-likeness (QED) is 0.725. The zero-order valence-electron chi connectivity index (χ0n) is 6.30. The topological polar surface area (TPSA) is 57.8 Å². The molecule has 0 amide bonds. The molecule has 0 aliphatic carbocycles. The van der Waals surface area contributed by atoms with Crippen LogP contribution in [0.5, 0.6) is 0 Å². The summed E-state index contributed by atoms with van der Waals surface area (Å²) >= 11 is 3.10. The molecule has 0 saturated carbocycles. The number of nitrogens with one attached hydrogen (secondary N) is 2. The number of halogens is 1. The van der Waals surface area contributed by atoms with Crippen LogP contribution >= 0.6 is 15.9 Å². The summed E-state index contributed by atoms with van der Waals surface area (Å²) in [6.45, 7) is 1.81. The number of aromatic amines is 1. The molecule has 0 unspecified atom stereocenters. The molecule has 1 aliphatic rings. The van der Waals surface area contributed by atoms with Crippen molar-refractivity contribution in [3.05, 3.63) is 26.8 Å². The van der Waals surface area contributed by atoms with Gasteiger partial charge in [-0.2, -0.15) is 0 Å². The van der Waals surface area contributed by atoms with E-state index in [0.29, 0.717) is 10.4 Å². The molecule has 4 nitrogen and oxygen atoms in total. The monoisotopic (exact) mass is 229 g/mol. The van der Waals surface area contributed by atoms with Crippen molar-refractivity contribution in [2.45, 2.75) is 5.92 Å². The first kappa shape index (κ1) is 7.94. The summed E-state index contributed by atoms with van der Waals surface area (Å²) in [7, 11) is 0. The van der Waals surface area contributed by atoms with Crippen LogP contribution in [0, 0.1) is 0 Å². The molecule has 0 spiro atoms. The second-order valence-corrected chi connectivity index (χ2v) is 3.66. The van der Waals surface area contributed by atoms with Gasteiger partial charge in [-0.3, -0.25) is 4.79 Å². The molecule has 0 bridgehead atoms. The van der Waals surface area contributed by atoms with Crippen molar-refractivity contribution in [3.8, 4) is 0 Å². The highest BCUT2D eigenvalue weighted by Crippen LogP contribution is 2.14. The maximum Gasteiger partial charge on any atom is 0.265 e. The fourth-order valence-corrected chi connectivity index (χ4v) is 1.28. The van der Waals surface area contributed by atoms with Crippen molar-refractivity contribution in [1.29, 1.82) is 0 Å². The normalized spacial score (nSPS) is 17.4. The number of aromatic nitrogens is 2. The van der Waals surface area contributed by atoms with E-state index < -0.39 is 0 Å². The third-order valence-electron chi connectivity index (χ3n) is 1.94. The number of rotatable bonds is 1. The van der Waals surface area contributed by atoms with Crippen LogP contribution < -0.4 is 10.9 Å². The number of hydrogen-bond donors (Lipinski definition) is 2. The van der Waals surface area contributed by atoms with Crippen molar-refractivity contribution in [2.75, 3.05) is 13.1 Å². The molecule has 2 rings (SSSR count). The Morgan fingerprint density at radius 2 is 2.33 bits per heavy atom. The van der Waals surface area contributed by atoms with E-state index in [1.807, 2.05) is 0 Å². The Kier molecular flexibility index (Phi) is 1.98. The van der Waals surface area contributed by atoms with Gasteiger partial charge in [0, 0.05) is 25.2 Å². The van der Waals surface area contributed by atoms with Gasteiger partial charge in [-0.15, -0.1) is 0 Å². The molecule has 1 aliphatic heterocycles. The number of H-pyrrole nitrogens is 1. The molecule has 64 valence electrons.